The van der Waals surface area contributed by atoms with E-state index in [2.05, 4.69) is 5.32 Å². The van der Waals surface area contributed by atoms with Crippen molar-refractivity contribution in [2.45, 2.75) is 32.2 Å². The number of carbonyl (C=O) groups is 2. The molecule has 0 spiro atoms. The Labute approximate surface area is 131 Å². The van der Waals surface area contributed by atoms with Crippen molar-refractivity contribution in [2.75, 3.05) is 18.4 Å². The van der Waals surface area contributed by atoms with Gasteiger partial charge in [0.1, 0.15) is 0 Å². The molecule has 6 heteroatoms. The quantitative estimate of drug-likeness (QED) is 0.842. The third kappa shape index (κ3) is 5.36. The SMILES string of the molecule is Cl.NCCCC(=O)Nc1ccc(CN2CCCC2=O)cc1. The van der Waals surface area contributed by atoms with Crippen LogP contribution in [0.5, 0.6) is 0 Å². The summed E-state index contributed by atoms with van der Waals surface area (Å²) in [4.78, 5) is 25.0. The molecule has 0 unspecified atom stereocenters. The number of benzene rings is 1. The summed E-state index contributed by atoms with van der Waals surface area (Å²) in [6, 6.07) is 7.64. The van der Waals surface area contributed by atoms with Gasteiger partial charge in [0.05, 0.1) is 0 Å². The highest BCUT2D eigenvalue weighted by Crippen LogP contribution is 2.16. The van der Waals surface area contributed by atoms with Gasteiger partial charge in [-0.2, -0.15) is 0 Å². The molecule has 5 nitrogen and oxygen atoms in total. The van der Waals surface area contributed by atoms with Gasteiger partial charge in [-0.3, -0.25) is 9.59 Å². The summed E-state index contributed by atoms with van der Waals surface area (Å²) in [5.41, 5.74) is 7.23. The van der Waals surface area contributed by atoms with Crippen LogP contribution in [0.15, 0.2) is 24.3 Å². The van der Waals surface area contributed by atoms with Crippen LogP contribution in [-0.2, 0) is 16.1 Å². The number of amides is 2. The van der Waals surface area contributed by atoms with E-state index in [0.29, 0.717) is 32.4 Å². The highest BCUT2D eigenvalue weighted by Gasteiger charge is 2.19. The Morgan fingerprint density at radius 1 is 1.29 bits per heavy atom. The molecule has 0 aromatic heterocycles. The van der Waals surface area contributed by atoms with E-state index in [1.807, 2.05) is 29.2 Å². The lowest BCUT2D eigenvalue weighted by molar-refractivity contribution is -0.128. The first-order valence-corrected chi connectivity index (χ1v) is 7.05. The fourth-order valence-corrected chi connectivity index (χ4v) is 2.27. The van der Waals surface area contributed by atoms with Crippen molar-refractivity contribution in [2.24, 2.45) is 5.73 Å². The van der Waals surface area contributed by atoms with Crippen molar-refractivity contribution in [1.82, 2.24) is 4.90 Å². The van der Waals surface area contributed by atoms with Gasteiger partial charge < -0.3 is 16.0 Å². The first kappa shape index (κ1) is 17.5. The summed E-state index contributed by atoms with van der Waals surface area (Å²) >= 11 is 0. The Hall–Kier alpha value is -1.59. The lowest BCUT2D eigenvalue weighted by Gasteiger charge is -2.15. The fourth-order valence-electron chi connectivity index (χ4n) is 2.27. The van der Waals surface area contributed by atoms with Crippen LogP contribution in [-0.4, -0.2) is 29.8 Å². The summed E-state index contributed by atoms with van der Waals surface area (Å²) in [7, 11) is 0. The van der Waals surface area contributed by atoms with Gasteiger partial charge in [-0.25, -0.2) is 0 Å². The Kier molecular flexibility index (Phi) is 7.19. The minimum absolute atomic E-state index is 0. The molecule has 1 saturated heterocycles. The van der Waals surface area contributed by atoms with E-state index in [1.165, 1.54) is 0 Å². The maximum atomic E-state index is 11.6. The number of hydrogen-bond donors (Lipinski definition) is 2. The number of nitrogens with two attached hydrogens (primary N) is 1. The van der Waals surface area contributed by atoms with Crippen LogP contribution in [0.1, 0.15) is 31.2 Å². The number of rotatable bonds is 6. The number of nitrogens with one attached hydrogen (secondary N) is 1. The van der Waals surface area contributed by atoms with Gasteiger partial charge in [0.15, 0.2) is 0 Å². The first-order chi connectivity index (χ1) is 9.69. The summed E-state index contributed by atoms with van der Waals surface area (Å²) in [6.07, 6.45) is 2.75. The zero-order chi connectivity index (χ0) is 14.4. The second-order valence-corrected chi connectivity index (χ2v) is 5.06. The molecule has 0 saturated carbocycles. The van der Waals surface area contributed by atoms with Gasteiger partial charge in [-0.1, -0.05) is 12.1 Å². The number of nitrogens with zero attached hydrogens (tertiary/aromatic N) is 1. The van der Waals surface area contributed by atoms with Crippen molar-refractivity contribution in [1.29, 1.82) is 0 Å². The molecule has 0 atom stereocenters. The maximum absolute atomic E-state index is 11.6. The van der Waals surface area contributed by atoms with Crippen LogP contribution in [0.2, 0.25) is 0 Å². The second-order valence-electron chi connectivity index (χ2n) is 5.06. The molecule has 1 aromatic carbocycles. The molecule has 2 rings (SSSR count). The lowest BCUT2D eigenvalue weighted by atomic mass is 10.2. The van der Waals surface area contributed by atoms with Gasteiger partial charge in [-0.15, -0.1) is 12.4 Å². The molecule has 0 bridgehead atoms. The third-order valence-corrected chi connectivity index (χ3v) is 3.39. The van der Waals surface area contributed by atoms with E-state index < -0.39 is 0 Å². The van der Waals surface area contributed by atoms with Crippen LogP contribution in [0.4, 0.5) is 5.69 Å². The number of anilines is 1. The molecule has 1 aliphatic rings. The smallest absolute Gasteiger partial charge is 0.224 e. The number of halogens is 1. The van der Waals surface area contributed by atoms with Crippen molar-refractivity contribution < 1.29 is 9.59 Å². The van der Waals surface area contributed by atoms with E-state index in [0.717, 1.165) is 24.2 Å². The highest BCUT2D eigenvalue weighted by atomic mass is 35.5. The predicted molar refractivity (Wildman–Crippen MR) is 85.3 cm³/mol. The molecule has 1 aliphatic heterocycles. The molecule has 3 N–H and O–H groups in total. The average molecular weight is 312 g/mol. The first-order valence-electron chi connectivity index (χ1n) is 7.05. The van der Waals surface area contributed by atoms with E-state index in [-0.39, 0.29) is 24.2 Å². The van der Waals surface area contributed by atoms with Crippen LogP contribution in [0, 0.1) is 0 Å². The van der Waals surface area contributed by atoms with Crippen molar-refractivity contribution in [3.8, 4) is 0 Å². The van der Waals surface area contributed by atoms with Gasteiger partial charge >= 0.3 is 0 Å². The van der Waals surface area contributed by atoms with Crippen LogP contribution < -0.4 is 11.1 Å². The normalized spacial score (nSPS) is 14.0. The van der Waals surface area contributed by atoms with Crippen LogP contribution in [0.25, 0.3) is 0 Å². The number of carbonyl (C=O) groups excluding carboxylic acids is 2. The third-order valence-electron chi connectivity index (χ3n) is 3.39. The minimum atomic E-state index is -0.0158. The fraction of sp³-hybridized carbons (Fsp3) is 0.467. The predicted octanol–water partition coefficient (Wildman–Crippen LogP) is 1.91. The van der Waals surface area contributed by atoms with Crippen molar-refractivity contribution in [3.05, 3.63) is 29.8 Å². The summed E-state index contributed by atoms with van der Waals surface area (Å²) in [6.45, 7) is 2.02. The molecule has 116 valence electrons. The Bertz CT molecular complexity index is 476. The monoisotopic (exact) mass is 311 g/mol. The van der Waals surface area contributed by atoms with Gasteiger partial charge in [0.25, 0.3) is 0 Å². The molecule has 0 aliphatic carbocycles. The van der Waals surface area contributed by atoms with Crippen molar-refractivity contribution >= 4 is 29.9 Å². The molecule has 21 heavy (non-hydrogen) atoms. The van der Waals surface area contributed by atoms with Crippen molar-refractivity contribution in [3.63, 3.8) is 0 Å². The molecular weight excluding hydrogens is 290 g/mol. The number of hydrogen-bond acceptors (Lipinski definition) is 3. The van der Waals surface area contributed by atoms with E-state index in [4.69, 9.17) is 5.73 Å². The molecule has 1 heterocycles. The molecular formula is C15H22ClN3O2. The largest absolute Gasteiger partial charge is 0.338 e. The zero-order valence-electron chi connectivity index (χ0n) is 12.0. The van der Waals surface area contributed by atoms with Gasteiger partial charge in [0, 0.05) is 31.6 Å². The van der Waals surface area contributed by atoms with Gasteiger partial charge in [0.2, 0.25) is 11.8 Å². The van der Waals surface area contributed by atoms with Crippen LogP contribution >= 0.6 is 12.4 Å². The zero-order valence-corrected chi connectivity index (χ0v) is 12.8. The van der Waals surface area contributed by atoms with E-state index in [1.54, 1.807) is 0 Å². The Morgan fingerprint density at radius 3 is 2.57 bits per heavy atom. The van der Waals surface area contributed by atoms with Gasteiger partial charge in [-0.05, 0) is 37.1 Å². The Balaban J connectivity index is 0.00000220. The maximum Gasteiger partial charge on any atom is 0.224 e. The average Bonchev–Trinajstić information content (AvgIpc) is 2.84. The molecule has 0 radical (unpaired) electrons. The molecule has 1 aromatic rings. The topological polar surface area (TPSA) is 75.4 Å². The summed E-state index contributed by atoms with van der Waals surface area (Å²) in [5.74, 6) is 0.210. The van der Waals surface area contributed by atoms with Crippen LogP contribution in [0.3, 0.4) is 0 Å². The standard InChI is InChI=1S/C15H21N3O2.ClH/c16-9-1-3-14(19)17-13-7-5-12(6-8-13)11-18-10-2-4-15(18)20;/h5-8H,1-4,9-11,16H2,(H,17,19);1H. The Morgan fingerprint density at radius 2 is 2.00 bits per heavy atom. The minimum Gasteiger partial charge on any atom is -0.338 e. The van der Waals surface area contributed by atoms with E-state index >= 15 is 0 Å². The number of likely N-dealkylation sites (tertiary alicyclic amines) is 1. The van der Waals surface area contributed by atoms with E-state index in [9.17, 15) is 9.59 Å². The second kappa shape index (κ2) is 8.64. The molecule has 1 fully saturated rings. The highest BCUT2D eigenvalue weighted by molar-refractivity contribution is 5.90. The lowest BCUT2D eigenvalue weighted by Crippen LogP contribution is -2.23. The molecule has 2 amide bonds. The summed E-state index contributed by atoms with van der Waals surface area (Å²) < 4.78 is 0. The summed E-state index contributed by atoms with van der Waals surface area (Å²) in [5, 5.41) is 2.83.